The fraction of sp³-hybridized carbons (Fsp3) is 1.00. The van der Waals surface area contributed by atoms with Gasteiger partial charge in [0.2, 0.25) is 0 Å². The summed E-state index contributed by atoms with van der Waals surface area (Å²) in [6, 6.07) is 0. The molecule has 0 spiro atoms. The number of rotatable bonds is 2. The van der Waals surface area contributed by atoms with Gasteiger partial charge in [0.15, 0.2) is 0 Å². The summed E-state index contributed by atoms with van der Waals surface area (Å²) in [7, 11) is -2.11. The Morgan fingerprint density at radius 1 is 0.421 bits per heavy atom. The lowest BCUT2D eigenvalue weighted by atomic mass is 10.2. The molecule has 1 N–H and O–H groups in total. The Bertz CT molecular complexity index is 226. The maximum absolute atomic E-state index is 4.29. The third kappa shape index (κ3) is 6.13. The molecule has 0 aromatic heterocycles. The second-order valence-electron chi connectivity index (χ2n) is 10.5. The topological polar surface area (TPSA) is 12.0 Å². The predicted molar refractivity (Wildman–Crippen MR) is 96.3 cm³/mol. The van der Waals surface area contributed by atoms with Crippen molar-refractivity contribution in [3.63, 3.8) is 0 Å². The van der Waals surface area contributed by atoms with Crippen molar-refractivity contribution < 1.29 is 0 Å². The van der Waals surface area contributed by atoms with Crippen molar-refractivity contribution in [2.24, 2.45) is 0 Å². The van der Waals surface area contributed by atoms with Gasteiger partial charge in [0.05, 0.1) is 0 Å². The molecule has 0 aliphatic carbocycles. The van der Waals surface area contributed by atoms with E-state index in [-0.39, 0.29) is 0 Å². The van der Waals surface area contributed by atoms with Crippen LogP contribution in [0.4, 0.5) is 0 Å². The van der Waals surface area contributed by atoms with Gasteiger partial charge >= 0.3 is 0 Å². The van der Waals surface area contributed by atoms with E-state index in [2.05, 4.69) is 87.7 Å². The van der Waals surface area contributed by atoms with Crippen LogP contribution in [0.25, 0.3) is 0 Å². The van der Waals surface area contributed by atoms with Gasteiger partial charge in [0, 0.05) is 0 Å². The molecular formula is C16H39NSi2. The van der Waals surface area contributed by atoms with Gasteiger partial charge in [-0.2, -0.15) is 0 Å². The summed E-state index contributed by atoms with van der Waals surface area (Å²) >= 11 is 0. The standard InChI is InChI=1S/C16H39NSi2/c1-13(2,3)18(14(4,5)6)17-19(15(7,8)9)16(10,11)12/h17-19H,1-12H3. The molecule has 0 amide bonds. The van der Waals surface area contributed by atoms with Crippen LogP contribution in [0.15, 0.2) is 0 Å². The normalized spacial score (nSPS) is 15.5. The molecule has 0 saturated carbocycles. The largest absolute Gasteiger partial charge is 0.363 e. The summed E-state index contributed by atoms with van der Waals surface area (Å²) in [5.74, 6) is 0. The zero-order valence-corrected chi connectivity index (χ0v) is 18.0. The highest BCUT2D eigenvalue weighted by atomic mass is 28.4. The SMILES string of the molecule is CC(C)(C)[SiH](N[SiH](C(C)(C)C)C(C)(C)C)C(C)(C)C. The summed E-state index contributed by atoms with van der Waals surface area (Å²) in [5, 5.41) is 1.72. The van der Waals surface area contributed by atoms with Crippen LogP contribution < -0.4 is 4.65 Å². The van der Waals surface area contributed by atoms with E-state index < -0.39 is 17.9 Å². The first-order chi connectivity index (χ1) is 7.97. The Morgan fingerprint density at radius 2 is 0.579 bits per heavy atom. The summed E-state index contributed by atoms with van der Waals surface area (Å²) in [5.41, 5.74) is 0. The average molecular weight is 302 g/mol. The molecular weight excluding hydrogens is 262 g/mol. The summed E-state index contributed by atoms with van der Waals surface area (Å²) < 4.78 is 4.29. The lowest BCUT2D eigenvalue weighted by Crippen LogP contribution is -2.60. The van der Waals surface area contributed by atoms with Gasteiger partial charge < -0.3 is 4.65 Å². The van der Waals surface area contributed by atoms with Gasteiger partial charge in [-0.05, 0) is 20.2 Å². The molecule has 3 heteroatoms. The maximum Gasteiger partial charge on any atom is 0.113 e. The van der Waals surface area contributed by atoms with Gasteiger partial charge in [-0.3, -0.25) is 0 Å². The van der Waals surface area contributed by atoms with Crippen molar-refractivity contribution in [2.45, 2.75) is 103 Å². The number of hydrogen-bond donors (Lipinski definition) is 1. The first-order valence-corrected chi connectivity index (χ1v) is 11.2. The smallest absolute Gasteiger partial charge is 0.113 e. The highest BCUT2D eigenvalue weighted by Crippen LogP contribution is 2.45. The van der Waals surface area contributed by atoms with E-state index in [1.54, 1.807) is 0 Å². The first kappa shape index (κ1) is 19.4. The van der Waals surface area contributed by atoms with Gasteiger partial charge in [0.1, 0.15) is 17.9 Å². The zero-order chi connectivity index (χ0) is 15.9. The monoisotopic (exact) mass is 301 g/mol. The van der Waals surface area contributed by atoms with Crippen LogP contribution >= 0.6 is 0 Å². The number of hydrogen-bond acceptors (Lipinski definition) is 1. The van der Waals surface area contributed by atoms with Crippen molar-refractivity contribution >= 4 is 17.9 Å². The van der Waals surface area contributed by atoms with Crippen LogP contribution in [0.5, 0.6) is 0 Å². The van der Waals surface area contributed by atoms with Gasteiger partial charge in [-0.1, -0.05) is 83.1 Å². The molecule has 0 rings (SSSR count). The van der Waals surface area contributed by atoms with Crippen LogP contribution in [0.2, 0.25) is 20.2 Å². The van der Waals surface area contributed by atoms with Gasteiger partial charge in [-0.15, -0.1) is 0 Å². The molecule has 19 heavy (non-hydrogen) atoms. The maximum atomic E-state index is 4.29. The molecule has 0 atom stereocenters. The fourth-order valence-electron chi connectivity index (χ4n) is 3.76. The lowest BCUT2D eigenvalue weighted by molar-refractivity contribution is 0.603. The Kier molecular flexibility index (Phi) is 5.76. The molecule has 0 heterocycles. The van der Waals surface area contributed by atoms with E-state index in [4.69, 9.17) is 0 Å². The van der Waals surface area contributed by atoms with E-state index in [1.807, 2.05) is 0 Å². The average Bonchev–Trinajstić information content (AvgIpc) is 1.91. The molecule has 0 aliphatic heterocycles. The summed E-state index contributed by atoms with van der Waals surface area (Å²) in [6.45, 7) is 29.2. The predicted octanol–water partition coefficient (Wildman–Crippen LogP) is 5.22. The van der Waals surface area contributed by atoms with Crippen LogP contribution in [0.3, 0.4) is 0 Å². The molecule has 0 aromatic rings. The summed E-state index contributed by atoms with van der Waals surface area (Å²) in [4.78, 5) is 0. The first-order valence-electron chi connectivity index (χ1n) is 7.73. The molecule has 0 fully saturated rings. The third-order valence-electron chi connectivity index (χ3n) is 3.80. The van der Waals surface area contributed by atoms with E-state index in [9.17, 15) is 0 Å². The fourth-order valence-corrected chi connectivity index (χ4v) is 18.3. The van der Waals surface area contributed by atoms with E-state index >= 15 is 0 Å². The van der Waals surface area contributed by atoms with Crippen molar-refractivity contribution in [2.75, 3.05) is 0 Å². The lowest BCUT2D eigenvalue weighted by Gasteiger charge is -2.48. The highest BCUT2D eigenvalue weighted by Gasteiger charge is 2.44. The third-order valence-corrected chi connectivity index (χ3v) is 13.4. The Morgan fingerprint density at radius 3 is 0.684 bits per heavy atom. The molecule has 0 aliphatic rings. The van der Waals surface area contributed by atoms with Crippen molar-refractivity contribution in [3.8, 4) is 0 Å². The second-order valence-corrected chi connectivity index (χ2v) is 20.5. The molecule has 0 radical (unpaired) electrons. The van der Waals surface area contributed by atoms with E-state index in [0.29, 0.717) is 20.2 Å². The molecule has 0 unspecified atom stereocenters. The molecule has 116 valence electrons. The highest BCUT2D eigenvalue weighted by molar-refractivity contribution is 6.78. The van der Waals surface area contributed by atoms with Crippen molar-refractivity contribution in [3.05, 3.63) is 0 Å². The minimum absolute atomic E-state index is 0.431. The van der Waals surface area contributed by atoms with Crippen LogP contribution in [-0.4, -0.2) is 17.9 Å². The molecule has 0 aromatic carbocycles. The zero-order valence-electron chi connectivity index (χ0n) is 15.7. The molecule has 0 saturated heterocycles. The number of nitrogens with one attached hydrogen (secondary N) is 1. The second kappa shape index (κ2) is 5.65. The Hall–Kier alpha value is 0.394. The van der Waals surface area contributed by atoms with Gasteiger partial charge in [0.25, 0.3) is 0 Å². The van der Waals surface area contributed by atoms with Crippen LogP contribution in [-0.2, 0) is 0 Å². The summed E-state index contributed by atoms with van der Waals surface area (Å²) in [6.07, 6.45) is 0. The van der Waals surface area contributed by atoms with Gasteiger partial charge in [-0.25, -0.2) is 0 Å². The van der Waals surface area contributed by atoms with E-state index in [0.717, 1.165) is 0 Å². The minimum Gasteiger partial charge on any atom is -0.363 e. The minimum atomic E-state index is -1.06. The van der Waals surface area contributed by atoms with Crippen molar-refractivity contribution in [1.29, 1.82) is 0 Å². The Balaban J connectivity index is 5.43. The Labute approximate surface area is 126 Å². The quantitative estimate of drug-likeness (QED) is 0.689. The molecule has 1 nitrogen and oxygen atoms in total. The van der Waals surface area contributed by atoms with Crippen LogP contribution in [0, 0.1) is 0 Å². The van der Waals surface area contributed by atoms with Crippen molar-refractivity contribution in [1.82, 2.24) is 4.65 Å². The van der Waals surface area contributed by atoms with Crippen LogP contribution in [0.1, 0.15) is 83.1 Å². The molecule has 0 bridgehead atoms. The van der Waals surface area contributed by atoms with E-state index in [1.165, 1.54) is 0 Å².